The largest absolute Gasteiger partial charge is 0.469 e. The van der Waals surface area contributed by atoms with Gasteiger partial charge in [-0.2, -0.15) is 0 Å². The summed E-state index contributed by atoms with van der Waals surface area (Å²) < 4.78 is 11.1. The molecule has 0 unspecified atom stereocenters. The van der Waals surface area contributed by atoms with Gasteiger partial charge in [-0.3, -0.25) is 4.79 Å². The van der Waals surface area contributed by atoms with Gasteiger partial charge in [0.1, 0.15) is 12.4 Å². The van der Waals surface area contributed by atoms with Crippen LogP contribution in [0.25, 0.3) is 0 Å². The van der Waals surface area contributed by atoms with Gasteiger partial charge in [-0.25, -0.2) is 4.79 Å². The smallest absolute Gasteiger partial charge is 0.355 e. The van der Waals surface area contributed by atoms with Crippen molar-refractivity contribution in [2.75, 3.05) is 13.7 Å². The lowest BCUT2D eigenvalue weighted by atomic mass is 10.1. The van der Waals surface area contributed by atoms with Crippen LogP contribution in [0.2, 0.25) is 0 Å². The van der Waals surface area contributed by atoms with E-state index in [2.05, 4.69) is 4.74 Å². The highest BCUT2D eigenvalue weighted by molar-refractivity contribution is 5.90. The molecule has 0 fully saturated rings. The number of hydrogen-bond donors (Lipinski definition) is 1. The molecule has 6 heteroatoms. The van der Waals surface area contributed by atoms with Gasteiger partial charge >= 0.3 is 11.9 Å². The zero-order valence-corrected chi connectivity index (χ0v) is 12.4. The molecule has 0 aliphatic carbocycles. The fourth-order valence-corrected chi connectivity index (χ4v) is 2.28. The standard InChI is InChI=1S/C14H21NO5/c1-5-20-14(18)13-9(2)11(6-7-12(17)19-4)10(3)15(13)8-16/h16H,5-8H2,1-4H3. The van der Waals surface area contributed by atoms with Crippen molar-refractivity contribution in [3.63, 3.8) is 0 Å². The minimum Gasteiger partial charge on any atom is -0.469 e. The summed E-state index contributed by atoms with van der Waals surface area (Å²) >= 11 is 0. The highest BCUT2D eigenvalue weighted by atomic mass is 16.5. The Kier molecular flexibility index (Phi) is 5.76. The topological polar surface area (TPSA) is 77.8 Å². The maximum Gasteiger partial charge on any atom is 0.355 e. The highest BCUT2D eigenvalue weighted by Crippen LogP contribution is 2.24. The van der Waals surface area contributed by atoms with Gasteiger partial charge in [0, 0.05) is 12.1 Å². The van der Waals surface area contributed by atoms with Crippen LogP contribution in [0.5, 0.6) is 0 Å². The molecule has 0 spiro atoms. The molecule has 1 N–H and O–H groups in total. The first-order valence-electron chi connectivity index (χ1n) is 6.51. The number of carbonyl (C=O) groups is 2. The first kappa shape index (κ1) is 16.2. The van der Waals surface area contributed by atoms with Crippen molar-refractivity contribution in [2.45, 2.75) is 40.3 Å². The maximum atomic E-state index is 12.0. The molecule has 0 saturated carbocycles. The monoisotopic (exact) mass is 283 g/mol. The number of ether oxygens (including phenoxy) is 2. The Hall–Kier alpha value is -1.82. The van der Waals surface area contributed by atoms with E-state index in [1.54, 1.807) is 20.8 Å². The minimum atomic E-state index is -0.466. The molecular formula is C14H21NO5. The Morgan fingerprint density at radius 1 is 1.30 bits per heavy atom. The molecule has 6 nitrogen and oxygen atoms in total. The zero-order valence-electron chi connectivity index (χ0n) is 12.4. The zero-order chi connectivity index (χ0) is 15.3. The lowest BCUT2D eigenvalue weighted by Gasteiger charge is -2.07. The minimum absolute atomic E-state index is 0.232. The Morgan fingerprint density at radius 2 is 1.95 bits per heavy atom. The first-order chi connectivity index (χ1) is 9.47. The maximum absolute atomic E-state index is 12.0. The number of carbonyl (C=O) groups excluding carboxylic acids is 2. The van der Waals surface area contributed by atoms with E-state index < -0.39 is 5.97 Å². The molecule has 0 aliphatic rings. The first-order valence-corrected chi connectivity index (χ1v) is 6.51. The Morgan fingerprint density at radius 3 is 2.45 bits per heavy atom. The molecule has 0 saturated heterocycles. The number of aromatic nitrogens is 1. The third-order valence-electron chi connectivity index (χ3n) is 3.34. The second kappa shape index (κ2) is 7.09. The van der Waals surface area contributed by atoms with Gasteiger partial charge in [0.05, 0.1) is 13.7 Å². The fourth-order valence-electron chi connectivity index (χ4n) is 2.28. The predicted octanol–water partition coefficient (Wildman–Crippen LogP) is 1.34. The van der Waals surface area contributed by atoms with Crippen molar-refractivity contribution in [1.29, 1.82) is 0 Å². The van der Waals surface area contributed by atoms with E-state index in [0.29, 0.717) is 12.1 Å². The van der Waals surface area contributed by atoms with Crippen molar-refractivity contribution in [3.05, 3.63) is 22.5 Å². The van der Waals surface area contributed by atoms with Crippen LogP contribution in [0.1, 0.15) is 40.7 Å². The average Bonchev–Trinajstić information content (AvgIpc) is 2.67. The average molecular weight is 283 g/mol. The molecule has 0 aliphatic heterocycles. The van der Waals surface area contributed by atoms with Crippen LogP contribution < -0.4 is 0 Å². The second-order valence-corrected chi connectivity index (χ2v) is 4.40. The SMILES string of the molecule is CCOC(=O)c1c(C)c(CCC(=O)OC)c(C)n1CO. The quantitative estimate of drug-likeness (QED) is 0.797. The van der Waals surface area contributed by atoms with Crippen LogP contribution in [0.4, 0.5) is 0 Å². The summed E-state index contributed by atoms with van der Waals surface area (Å²) in [5.74, 6) is -0.773. The molecule has 1 heterocycles. The number of methoxy groups -OCH3 is 1. The van der Waals surface area contributed by atoms with Gasteiger partial charge < -0.3 is 19.1 Å². The van der Waals surface area contributed by atoms with Crippen molar-refractivity contribution >= 4 is 11.9 Å². The van der Waals surface area contributed by atoms with E-state index in [1.807, 2.05) is 0 Å². The molecule has 0 atom stereocenters. The fraction of sp³-hybridized carbons (Fsp3) is 0.571. The summed E-state index contributed by atoms with van der Waals surface area (Å²) in [7, 11) is 1.34. The van der Waals surface area contributed by atoms with Crippen LogP contribution in [0.3, 0.4) is 0 Å². The van der Waals surface area contributed by atoms with E-state index >= 15 is 0 Å². The molecule has 112 valence electrons. The van der Waals surface area contributed by atoms with Crippen molar-refractivity contribution in [2.24, 2.45) is 0 Å². The summed E-state index contributed by atoms with van der Waals surface area (Å²) in [5.41, 5.74) is 2.70. The van der Waals surface area contributed by atoms with Gasteiger partial charge in [0.25, 0.3) is 0 Å². The van der Waals surface area contributed by atoms with Gasteiger partial charge in [-0.15, -0.1) is 0 Å². The summed E-state index contributed by atoms with van der Waals surface area (Å²) in [6.07, 6.45) is 0.694. The number of esters is 2. The van der Waals surface area contributed by atoms with Crippen molar-refractivity contribution in [1.82, 2.24) is 4.57 Å². The summed E-state index contributed by atoms with van der Waals surface area (Å²) in [6, 6.07) is 0. The predicted molar refractivity (Wildman–Crippen MR) is 72.4 cm³/mol. The van der Waals surface area contributed by atoms with Gasteiger partial charge in [-0.1, -0.05) is 0 Å². The molecule has 1 aromatic rings. The Bertz CT molecular complexity index is 504. The van der Waals surface area contributed by atoms with Crippen LogP contribution in [0.15, 0.2) is 0 Å². The summed E-state index contributed by atoms with van der Waals surface area (Å²) in [5, 5.41) is 9.44. The van der Waals surface area contributed by atoms with E-state index in [4.69, 9.17) is 4.74 Å². The lowest BCUT2D eigenvalue weighted by Crippen LogP contribution is -2.14. The number of rotatable bonds is 6. The van der Waals surface area contributed by atoms with Crippen LogP contribution >= 0.6 is 0 Å². The molecule has 1 aromatic heterocycles. The molecule has 20 heavy (non-hydrogen) atoms. The summed E-state index contributed by atoms with van der Waals surface area (Å²) in [6.45, 7) is 5.28. The van der Waals surface area contributed by atoms with E-state index in [0.717, 1.165) is 16.8 Å². The molecular weight excluding hydrogens is 262 g/mol. The van der Waals surface area contributed by atoms with Gasteiger partial charge in [-0.05, 0) is 38.3 Å². The Labute approximate surface area is 118 Å². The number of aliphatic hydroxyl groups is 1. The highest BCUT2D eigenvalue weighted by Gasteiger charge is 2.23. The van der Waals surface area contributed by atoms with Gasteiger partial charge in [0.15, 0.2) is 0 Å². The molecule has 0 bridgehead atoms. The lowest BCUT2D eigenvalue weighted by molar-refractivity contribution is -0.140. The van der Waals surface area contributed by atoms with Crippen LogP contribution in [-0.4, -0.2) is 35.3 Å². The third kappa shape index (κ3) is 3.19. The van der Waals surface area contributed by atoms with Crippen LogP contribution in [-0.2, 0) is 27.4 Å². The second-order valence-electron chi connectivity index (χ2n) is 4.40. The molecule has 1 rings (SSSR count). The number of hydrogen-bond acceptors (Lipinski definition) is 5. The van der Waals surface area contributed by atoms with E-state index in [1.165, 1.54) is 11.7 Å². The number of nitrogens with zero attached hydrogens (tertiary/aromatic N) is 1. The van der Waals surface area contributed by atoms with Crippen molar-refractivity contribution in [3.8, 4) is 0 Å². The molecule has 0 aromatic carbocycles. The van der Waals surface area contributed by atoms with Crippen LogP contribution in [0, 0.1) is 13.8 Å². The third-order valence-corrected chi connectivity index (χ3v) is 3.34. The Balaban J connectivity index is 3.13. The van der Waals surface area contributed by atoms with E-state index in [9.17, 15) is 14.7 Å². The molecule has 0 radical (unpaired) electrons. The molecule has 0 amide bonds. The normalized spacial score (nSPS) is 10.4. The van der Waals surface area contributed by atoms with Crippen molar-refractivity contribution < 1.29 is 24.2 Å². The van der Waals surface area contributed by atoms with Gasteiger partial charge in [0.2, 0.25) is 0 Å². The summed E-state index contributed by atoms with van der Waals surface area (Å²) in [4.78, 5) is 23.2. The van der Waals surface area contributed by atoms with E-state index in [-0.39, 0.29) is 25.7 Å². The number of aliphatic hydroxyl groups excluding tert-OH is 1.